The summed E-state index contributed by atoms with van der Waals surface area (Å²) >= 11 is 0. The molecule has 1 heterocycles. The number of ether oxygens (including phenoxy) is 1. The number of hydrazone groups is 1. The second kappa shape index (κ2) is 5.62. The predicted octanol–water partition coefficient (Wildman–Crippen LogP) is 3.00. The van der Waals surface area contributed by atoms with Crippen LogP contribution < -0.4 is 10.2 Å². The summed E-state index contributed by atoms with van der Waals surface area (Å²) in [6.07, 6.45) is 2.40. The van der Waals surface area contributed by atoms with Crippen LogP contribution >= 0.6 is 0 Å². The van der Waals surface area contributed by atoms with Crippen molar-refractivity contribution in [3.05, 3.63) is 64.2 Å². The number of benzene rings is 2. The van der Waals surface area contributed by atoms with Crippen molar-refractivity contribution in [3.8, 4) is 5.75 Å². The van der Waals surface area contributed by atoms with Crippen molar-refractivity contribution in [2.24, 2.45) is 5.10 Å². The van der Waals surface area contributed by atoms with Crippen LogP contribution in [0.4, 0.5) is 11.4 Å². The van der Waals surface area contributed by atoms with Crippen molar-refractivity contribution >= 4 is 17.6 Å². The fraction of sp³-hybridized carbons (Fsp3) is 0.133. The van der Waals surface area contributed by atoms with Gasteiger partial charge in [0.1, 0.15) is 11.9 Å². The number of nitrogens with one attached hydrogen (secondary N) is 1. The number of nitro benzene ring substituents is 1. The van der Waals surface area contributed by atoms with E-state index in [4.69, 9.17) is 4.74 Å². The van der Waals surface area contributed by atoms with Gasteiger partial charge in [-0.1, -0.05) is 18.2 Å². The molecule has 0 saturated heterocycles. The molecular weight excluding hydrogens is 270 g/mol. The summed E-state index contributed by atoms with van der Waals surface area (Å²) in [6.45, 7) is 0. The van der Waals surface area contributed by atoms with E-state index in [0.29, 0.717) is 5.69 Å². The first-order valence-electron chi connectivity index (χ1n) is 6.50. The third-order valence-corrected chi connectivity index (χ3v) is 3.18. The molecule has 1 unspecified atom stereocenters. The van der Waals surface area contributed by atoms with Crippen molar-refractivity contribution in [1.82, 2.24) is 0 Å². The first-order chi connectivity index (χ1) is 10.2. The zero-order valence-electron chi connectivity index (χ0n) is 11.1. The van der Waals surface area contributed by atoms with Gasteiger partial charge in [0, 0.05) is 18.6 Å². The Hall–Kier alpha value is -2.89. The summed E-state index contributed by atoms with van der Waals surface area (Å²) in [7, 11) is 0. The van der Waals surface area contributed by atoms with Gasteiger partial charge in [-0.25, -0.2) is 0 Å². The summed E-state index contributed by atoms with van der Waals surface area (Å²) in [5, 5.41) is 14.7. The lowest BCUT2D eigenvalue weighted by Gasteiger charge is -2.04. The van der Waals surface area contributed by atoms with Crippen LogP contribution in [0.1, 0.15) is 5.56 Å². The maximum atomic E-state index is 10.5. The summed E-state index contributed by atoms with van der Waals surface area (Å²) < 4.78 is 5.72. The molecule has 3 rings (SSSR count). The molecule has 2 aromatic rings. The van der Waals surface area contributed by atoms with E-state index < -0.39 is 4.92 Å². The smallest absolute Gasteiger partial charge is 0.269 e. The van der Waals surface area contributed by atoms with Gasteiger partial charge in [-0.05, 0) is 23.8 Å². The van der Waals surface area contributed by atoms with E-state index in [-0.39, 0.29) is 11.8 Å². The van der Waals surface area contributed by atoms with Gasteiger partial charge in [0.15, 0.2) is 0 Å². The Bertz CT molecular complexity index is 658. The molecule has 0 amide bonds. The van der Waals surface area contributed by atoms with Crippen molar-refractivity contribution in [3.63, 3.8) is 0 Å². The fourth-order valence-electron chi connectivity index (χ4n) is 2.14. The number of anilines is 1. The molecule has 0 spiro atoms. The number of fused-ring (bicyclic) bond motifs is 1. The van der Waals surface area contributed by atoms with Crippen LogP contribution in [0.3, 0.4) is 0 Å². The van der Waals surface area contributed by atoms with Crippen LogP contribution in [0.15, 0.2) is 53.6 Å². The topological polar surface area (TPSA) is 76.8 Å². The van der Waals surface area contributed by atoms with Crippen molar-refractivity contribution in [2.45, 2.75) is 12.5 Å². The van der Waals surface area contributed by atoms with Gasteiger partial charge < -0.3 is 4.74 Å². The minimum atomic E-state index is -0.434. The Morgan fingerprint density at radius 2 is 2.00 bits per heavy atom. The minimum absolute atomic E-state index is 0.0547. The lowest BCUT2D eigenvalue weighted by molar-refractivity contribution is -0.384. The molecular formula is C15H13N3O3. The molecule has 0 fully saturated rings. The van der Waals surface area contributed by atoms with Crippen molar-refractivity contribution in [1.29, 1.82) is 0 Å². The Labute approximate surface area is 121 Å². The maximum absolute atomic E-state index is 10.5. The summed E-state index contributed by atoms with van der Waals surface area (Å²) in [5.74, 6) is 0.893. The van der Waals surface area contributed by atoms with Gasteiger partial charge in [0.25, 0.3) is 5.69 Å². The summed E-state index contributed by atoms with van der Waals surface area (Å²) in [6, 6.07) is 14.0. The molecule has 0 aromatic heterocycles. The number of para-hydroxylation sites is 1. The molecule has 1 N–H and O–H groups in total. The number of nitrogens with zero attached hydrogens (tertiary/aromatic N) is 2. The van der Waals surface area contributed by atoms with E-state index in [9.17, 15) is 10.1 Å². The molecule has 2 aromatic carbocycles. The van der Waals surface area contributed by atoms with Crippen LogP contribution in [-0.4, -0.2) is 17.2 Å². The van der Waals surface area contributed by atoms with E-state index in [2.05, 4.69) is 10.5 Å². The second-order valence-corrected chi connectivity index (χ2v) is 4.66. The standard InChI is InChI=1S/C15H13N3O3/c19-18(20)13-7-5-12(6-8-13)17-16-10-14-9-11-3-1-2-4-15(11)21-14/h1-8,10,14,17H,9H2. The van der Waals surface area contributed by atoms with Crippen LogP contribution in [0, 0.1) is 10.1 Å². The Kier molecular flexibility index (Phi) is 3.51. The highest BCUT2D eigenvalue weighted by Gasteiger charge is 2.20. The Morgan fingerprint density at radius 3 is 2.71 bits per heavy atom. The Morgan fingerprint density at radius 1 is 1.24 bits per heavy atom. The van der Waals surface area contributed by atoms with Gasteiger partial charge >= 0.3 is 0 Å². The number of non-ortho nitro benzene ring substituents is 1. The summed E-state index contributed by atoms with van der Waals surface area (Å²) in [5.41, 5.74) is 4.74. The molecule has 0 radical (unpaired) electrons. The molecule has 0 aliphatic carbocycles. The van der Waals surface area contributed by atoms with E-state index in [1.54, 1.807) is 18.3 Å². The third-order valence-electron chi connectivity index (χ3n) is 3.18. The van der Waals surface area contributed by atoms with Gasteiger partial charge in [0.05, 0.1) is 16.8 Å². The van der Waals surface area contributed by atoms with Gasteiger partial charge in [-0.15, -0.1) is 0 Å². The molecule has 21 heavy (non-hydrogen) atoms. The molecule has 0 bridgehead atoms. The van der Waals surface area contributed by atoms with Gasteiger partial charge in [-0.2, -0.15) is 5.10 Å². The summed E-state index contributed by atoms with van der Waals surface area (Å²) in [4.78, 5) is 10.1. The normalized spacial score (nSPS) is 16.5. The van der Waals surface area contributed by atoms with Crippen LogP contribution in [-0.2, 0) is 6.42 Å². The van der Waals surface area contributed by atoms with Gasteiger partial charge in [0.2, 0.25) is 0 Å². The molecule has 0 saturated carbocycles. The highest BCUT2D eigenvalue weighted by Crippen LogP contribution is 2.27. The maximum Gasteiger partial charge on any atom is 0.269 e. The van der Waals surface area contributed by atoms with Crippen LogP contribution in [0.5, 0.6) is 5.75 Å². The molecule has 1 atom stereocenters. The highest BCUT2D eigenvalue weighted by molar-refractivity contribution is 5.67. The van der Waals surface area contributed by atoms with Crippen LogP contribution in [0.25, 0.3) is 0 Å². The highest BCUT2D eigenvalue weighted by atomic mass is 16.6. The number of rotatable bonds is 4. The third kappa shape index (κ3) is 3.00. The fourth-order valence-corrected chi connectivity index (χ4v) is 2.14. The zero-order chi connectivity index (χ0) is 14.7. The monoisotopic (exact) mass is 283 g/mol. The van der Waals surface area contributed by atoms with E-state index >= 15 is 0 Å². The number of hydrogen-bond acceptors (Lipinski definition) is 5. The lowest BCUT2D eigenvalue weighted by Crippen LogP contribution is -2.15. The second-order valence-electron chi connectivity index (χ2n) is 4.66. The average molecular weight is 283 g/mol. The van der Waals surface area contributed by atoms with Crippen molar-refractivity contribution in [2.75, 3.05) is 5.43 Å². The quantitative estimate of drug-likeness (QED) is 0.531. The average Bonchev–Trinajstić information content (AvgIpc) is 2.90. The molecule has 6 nitrogen and oxygen atoms in total. The van der Waals surface area contributed by atoms with Crippen LogP contribution in [0.2, 0.25) is 0 Å². The number of nitro groups is 1. The molecule has 1 aliphatic rings. The van der Waals surface area contributed by atoms with E-state index in [1.807, 2.05) is 24.3 Å². The molecule has 1 aliphatic heterocycles. The molecule has 6 heteroatoms. The van der Waals surface area contributed by atoms with E-state index in [1.165, 1.54) is 17.7 Å². The number of hydrogen-bond donors (Lipinski definition) is 1. The SMILES string of the molecule is O=[N+]([O-])c1ccc(NN=CC2Cc3ccccc3O2)cc1. The first kappa shape index (κ1) is 13.1. The van der Waals surface area contributed by atoms with Gasteiger partial charge in [-0.3, -0.25) is 15.5 Å². The Balaban J connectivity index is 1.57. The lowest BCUT2D eigenvalue weighted by atomic mass is 10.1. The van der Waals surface area contributed by atoms with Crippen molar-refractivity contribution < 1.29 is 9.66 Å². The predicted molar refractivity (Wildman–Crippen MR) is 79.8 cm³/mol. The first-order valence-corrected chi connectivity index (χ1v) is 6.50. The largest absolute Gasteiger partial charge is 0.484 e. The van der Waals surface area contributed by atoms with E-state index in [0.717, 1.165) is 12.2 Å². The molecule has 106 valence electrons. The zero-order valence-corrected chi connectivity index (χ0v) is 11.1. The minimum Gasteiger partial charge on any atom is -0.484 e.